The van der Waals surface area contributed by atoms with Crippen molar-refractivity contribution in [1.82, 2.24) is 5.43 Å². The molecule has 5 heteroatoms. The molecule has 0 fully saturated rings. The second-order valence-corrected chi connectivity index (χ2v) is 4.91. The van der Waals surface area contributed by atoms with Crippen molar-refractivity contribution in [3.05, 3.63) is 58.0 Å². The van der Waals surface area contributed by atoms with Crippen LogP contribution in [0, 0.1) is 13.8 Å². The topological polar surface area (TPSA) is 54.6 Å². The average molecular weight is 291 g/mol. The van der Waals surface area contributed by atoms with Crippen LogP contribution in [-0.2, 0) is 0 Å². The molecule has 0 bridgehead atoms. The van der Waals surface area contributed by atoms with Crippen LogP contribution in [0.3, 0.4) is 0 Å². The second kappa shape index (κ2) is 5.92. The first-order valence-electron chi connectivity index (χ1n) is 6.15. The number of rotatable bonds is 3. The Kier molecular flexibility index (Phi) is 4.25. The van der Waals surface area contributed by atoms with Gasteiger partial charge in [-0.25, -0.2) is 5.43 Å². The molecule has 0 saturated carbocycles. The van der Waals surface area contributed by atoms with Crippen LogP contribution < -0.4 is 5.43 Å². The number of hydrogen-bond donors (Lipinski definition) is 1. The molecule has 4 nitrogen and oxygen atoms in total. The highest BCUT2D eigenvalue weighted by molar-refractivity contribution is 6.30. The standard InChI is InChI=1S/C15H15ClN2O2/c1-9-8-14(11(3)20-9)10(2)17-18-15(19)12-4-6-13(16)7-5-12/h4-8H,1-3H3,(H,18,19)/b17-10-. The quantitative estimate of drug-likeness (QED) is 0.692. The Morgan fingerprint density at radius 3 is 2.45 bits per heavy atom. The summed E-state index contributed by atoms with van der Waals surface area (Å²) < 4.78 is 5.43. The number of amides is 1. The van der Waals surface area contributed by atoms with E-state index in [9.17, 15) is 4.79 Å². The van der Waals surface area contributed by atoms with Gasteiger partial charge in [0, 0.05) is 16.1 Å². The fourth-order valence-electron chi connectivity index (χ4n) is 1.85. The van der Waals surface area contributed by atoms with Gasteiger partial charge in [-0.1, -0.05) is 11.6 Å². The number of nitrogens with zero attached hydrogens (tertiary/aromatic N) is 1. The van der Waals surface area contributed by atoms with Gasteiger partial charge in [0.25, 0.3) is 5.91 Å². The summed E-state index contributed by atoms with van der Waals surface area (Å²) in [6, 6.07) is 8.52. The molecule has 2 rings (SSSR count). The lowest BCUT2D eigenvalue weighted by Gasteiger charge is -2.02. The fourth-order valence-corrected chi connectivity index (χ4v) is 1.98. The molecule has 0 unspecified atom stereocenters. The maximum Gasteiger partial charge on any atom is 0.271 e. The molecular weight excluding hydrogens is 276 g/mol. The largest absolute Gasteiger partial charge is 0.466 e. The van der Waals surface area contributed by atoms with Crippen LogP contribution >= 0.6 is 11.6 Å². The van der Waals surface area contributed by atoms with Gasteiger partial charge < -0.3 is 4.42 Å². The van der Waals surface area contributed by atoms with Crippen molar-refractivity contribution >= 4 is 23.2 Å². The predicted octanol–water partition coefficient (Wildman–Crippen LogP) is 3.70. The van der Waals surface area contributed by atoms with Gasteiger partial charge in [-0.15, -0.1) is 0 Å². The normalized spacial score (nSPS) is 11.5. The van der Waals surface area contributed by atoms with Gasteiger partial charge in [-0.3, -0.25) is 4.79 Å². The van der Waals surface area contributed by atoms with Crippen molar-refractivity contribution < 1.29 is 9.21 Å². The van der Waals surface area contributed by atoms with Crippen molar-refractivity contribution in [3.63, 3.8) is 0 Å². The highest BCUT2D eigenvalue weighted by Crippen LogP contribution is 2.14. The molecule has 20 heavy (non-hydrogen) atoms. The SMILES string of the molecule is C/C(=N/NC(=O)c1ccc(Cl)cc1)c1cc(C)oc1C. The third-order valence-electron chi connectivity index (χ3n) is 2.86. The molecule has 0 aliphatic heterocycles. The Hall–Kier alpha value is -2.07. The van der Waals surface area contributed by atoms with Gasteiger partial charge >= 0.3 is 0 Å². The van der Waals surface area contributed by atoms with E-state index in [-0.39, 0.29) is 5.91 Å². The third-order valence-corrected chi connectivity index (χ3v) is 3.11. The lowest BCUT2D eigenvalue weighted by Crippen LogP contribution is -2.19. The lowest BCUT2D eigenvalue weighted by molar-refractivity contribution is 0.0955. The summed E-state index contributed by atoms with van der Waals surface area (Å²) in [7, 11) is 0. The van der Waals surface area contributed by atoms with E-state index in [1.54, 1.807) is 24.3 Å². The van der Waals surface area contributed by atoms with Crippen molar-refractivity contribution in [3.8, 4) is 0 Å². The molecule has 0 spiro atoms. The van der Waals surface area contributed by atoms with E-state index in [0.717, 1.165) is 17.1 Å². The molecule has 104 valence electrons. The molecule has 2 aromatic rings. The highest BCUT2D eigenvalue weighted by Gasteiger charge is 2.09. The Bertz CT molecular complexity index is 657. The molecule has 0 radical (unpaired) electrons. The summed E-state index contributed by atoms with van der Waals surface area (Å²) >= 11 is 5.77. The minimum atomic E-state index is -0.279. The summed E-state index contributed by atoms with van der Waals surface area (Å²) in [5, 5.41) is 4.68. The number of halogens is 1. The first-order chi connectivity index (χ1) is 9.47. The van der Waals surface area contributed by atoms with Crippen LogP contribution in [0.2, 0.25) is 5.02 Å². The van der Waals surface area contributed by atoms with E-state index in [2.05, 4.69) is 10.5 Å². The summed E-state index contributed by atoms with van der Waals surface area (Å²) in [4.78, 5) is 11.9. The van der Waals surface area contributed by atoms with Gasteiger partial charge in [0.2, 0.25) is 0 Å². The zero-order chi connectivity index (χ0) is 14.7. The molecule has 0 atom stereocenters. The van der Waals surface area contributed by atoms with Gasteiger partial charge in [0.15, 0.2) is 0 Å². The van der Waals surface area contributed by atoms with E-state index in [4.69, 9.17) is 16.0 Å². The smallest absolute Gasteiger partial charge is 0.271 e. The maximum absolute atomic E-state index is 11.9. The van der Waals surface area contributed by atoms with Gasteiger partial charge in [-0.2, -0.15) is 5.10 Å². The van der Waals surface area contributed by atoms with E-state index in [0.29, 0.717) is 16.3 Å². The molecule has 0 aliphatic carbocycles. The van der Waals surface area contributed by atoms with E-state index >= 15 is 0 Å². The Morgan fingerprint density at radius 2 is 1.90 bits per heavy atom. The second-order valence-electron chi connectivity index (χ2n) is 4.47. The molecule has 0 aliphatic rings. The zero-order valence-electron chi connectivity index (χ0n) is 11.5. The number of aryl methyl sites for hydroxylation is 2. The van der Waals surface area contributed by atoms with Crippen LogP contribution in [0.1, 0.15) is 34.4 Å². The number of furan rings is 1. The van der Waals surface area contributed by atoms with Crippen molar-refractivity contribution in [1.29, 1.82) is 0 Å². The first-order valence-corrected chi connectivity index (χ1v) is 6.53. The molecule has 0 saturated heterocycles. The van der Waals surface area contributed by atoms with Gasteiger partial charge in [0.05, 0.1) is 5.71 Å². The molecule has 1 aromatic carbocycles. The zero-order valence-corrected chi connectivity index (χ0v) is 12.3. The van der Waals surface area contributed by atoms with Crippen molar-refractivity contribution in [2.75, 3.05) is 0 Å². The fraction of sp³-hybridized carbons (Fsp3) is 0.200. The Morgan fingerprint density at radius 1 is 1.25 bits per heavy atom. The number of carbonyl (C=O) groups excluding carboxylic acids is 1. The van der Waals surface area contributed by atoms with Crippen LogP contribution in [0.4, 0.5) is 0 Å². The van der Waals surface area contributed by atoms with Crippen LogP contribution in [0.25, 0.3) is 0 Å². The van der Waals surface area contributed by atoms with Gasteiger partial charge in [-0.05, 0) is 51.1 Å². The summed E-state index contributed by atoms with van der Waals surface area (Å²) in [6.07, 6.45) is 0. The molecule has 1 aromatic heterocycles. The lowest BCUT2D eigenvalue weighted by atomic mass is 10.2. The number of hydrogen-bond acceptors (Lipinski definition) is 3. The Labute approximate surface area is 122 Å². The number of benzene rings is 1. The Balaban J connectivity index is 2.10. The van der Waals surface area contributed by atoms with Crippen LogP contribution in [0.5, 0.6) is 0 Å². The molecular formula is C15H15ClN2O2. The minimum absolute atomic E-state index is 0.279. The van der Waals surface area contributed by atoms with Crippen LogP contribution in [0.15, 0.2) is 39.9 Å². The average Bonchev–Trinajstić information content (AvgIpc) is 2.75. The van der Waals surface area contributed by atoms with Gasteiger partial charge in [0.1, 0.15) is 11.5 Å². The predicted molar refractivity (Wildman–Crippen MR) is 79.3 cm³/mol. The highest BCUT2D eigenvalue weighted by atomic mass is 35.5. The summed E-state index contributed by atoms with van der Waals surface area (Å²) in [6.45, 7) is 5.55. The molecule has 1 heterocycles. The summed E-state index contributed by atoms with van der Waals surface area (Å²) in [5.74, 6) is 1.32. The molecule has 1 N–H and O–H groups in total. The van der Waals surface area contributed by atoms with Crippen molar-refractivity contribution in [2.45, 2.75) is 20.8 Å². The minimum Gasteiger partial charge on any atom is -0.466 e. The number of nitrogens with one attached hydrogen (secondary N) is 1. The van der Waals surface area contributed by atoms with Crippen LogP contribution in [-0.4, -0.2) is 11.6 Å². The monoisotopic (exact) mass is 290 g/mol. The van der Waals surface area contributed by atoms with E-state index in [1.807, 2.05) is 26.8 Å². The van der Waals surface area contributed by atoms with E-state index < -0.39 is 0 Å². The number of hydrazone groups is 1. The maximum atomic E-state index is 11.9. The number of carbonyl (C=O) groups is 1. The first kappa shape index (κ1) is 14.3. The van der Waals surface area contributed by atoms with Crippen molar-refractivity contribution in [2.24, 2.45) is 5.10 Å². The summed E-state index contributed by atoms with van der Waals surface area (Å²) in [5.41, 5.74) is 4.61. The third kappa shape index (κ3) is 3.27. The molecule has 1 amide bonds. The van der Waals surface area contributed by atoms with E-state index in [1.165, 1.54) is 0 Å².